The van der Waals surface area contributed by atoms with Crippen LogP contribution in [0.1, 0.15) is 38.7 Å². The van der Waals surface area contributed by atoms with E-state index < -0.39 is 11.8 Å². The van der Waals surface area contributed by atoms with E-state index in [4.69, 9.17) is 0 Å². The summed E-state index contributed by atoms with van der Waals surface area (Å²) < 4.78 is 0. The van der Waals surface area contributed by atoms with Gasteiger partial charge < -0.3 is 10.6 Å². The molecule has 0 spiro atoms. The van der Waals surface area contributed by atoms with E-state index in [9.17, 15) is 9.59 Å². The number of aryl methyl sites for hydroxylation is 1. The minimum atomic E-state index is -0.600. The molecule has 0 aliphatic heterocycles. The molecule has 19 heavy (non-hydrogen) atoms. The van der Waals surface area contributed by atoms with Gasteiger partial charge in [-0.15, -0.1) is 0 Å². The lowest BCUT2D eigenvalue weighted by Gasteiger charge is -2.09. The van der Waals surface area contributed by atoms with Gasteiger partial charge in [0.1, 0.15) is 0 Å². The van der Waals surface area contributed by atoms with Gasteiger partial charge in [-0.1, -0.05) is 44.9 Å². The van der Waals surface area contributed by atoms with Gasteiger partial charge in [-0.25, -0.2) is 0 Å². The zero-order valence-electron chi connectivity index (χ0n) is 11.7. The molecule has 0 radical (unpaired) electrons. The van der Waals surface area contributed by atoms with E-state index in [0.717, 1.165) is 31.2 Å². The quantitative estimate of drug-likeness (QED) is 0.611. The molecule has 4 nitrogen and oxygen atoms in total. The molecule has 2 amide bonds. The normalized spacial score (nSPS) is 10.0. The molecule has 0 aromatic heterocycles. The minimum Gasteiger partial charge on any atom is -0.348 e. The molecule has 0 heterocycles. The number of amides is 2. The summed E-state index contributed by atoms with van der Waals surface area (Å²) in [6.45, 7) is 4.65. The summed E-state index contributed by atoms with van der Waals surface area (Å²) in [7, 11) is 0. The Balaban J connectivity index is 2.47. The van der Waals surface area contributed by atoms with Crippen molar-refractivity contribution in [3.8, 4) is 0 Å². The van der Waals surface area contributed by atoms with Crippen molar-refractivity contribution in [3.63, 3.8) is 0 Å². The molecule has 104 valence electrons. The van der Waals surface area contributed by atoms with Gasteiger partial charge in [-0.3, -0.25) is 9.59 Å². The first kappa shape index (κ1) is 15.2. The largest absolute Gasteiger partial charge is 0.348 e. The highest BCUT2D eigenvalue weighted by molar-refractivity contribution is 6.39. The van der Waals surface area contributed by atoms with Crippen LogP contribution < -0.4 is 10.6 Å². The van der Waals surface area contributed by atoms with Gasteiger partial charge in [0.15, 0.2) is 0 Å². The first-order valence-corrected chi connectivity index (χ1v) is 6.86. The second-order valence-corrected chi connectivity index (χ2v) is 4.43. The molecule has 1 aromatic rings. The number of para-hydroxylation sites is 1. The lowest BCUT2D eigenvalue weighted by molar-refractivity contribution is -0.136. The Bertz CT molecular complexity index is 430. The van der Waals surface area contributed by atoms with Crippen LogP contribution in [0.4, 0.5) is 5.69 Å². The molecule has 0 unspecified atom stereocenters. The molecule has 1 aromatic carbocycles. The maximum atomic E-state index is 11.7. The SMILES string of the molecule is CCCCCNC(=O)C(=O)Nc1ccccc1CC. The number of rotatable bonds is 6. The summed E-state index contributed by atoms with van der Waals surface area (Å²) in [6.07, 6.45) is 3.86. The molecule has 0 aliphatic carbocycles. The molecule has 2 N–H and O–H groups in total. The number of benzene rings is 1. The summed E-state index contributed by atoms with van der Waals surface area (Å²) in [6, 6.07) is 7.50. The van der Waals surface area contributed by atoms with Crippen LogP contribution in [-0.2, 0) is 16.0 Å². The van der Waals surface area contributed by atoms with Crippen LogP contribution in [0, 0.1) is 0 Å². The van der Waals surface area contributed by atoms with Crippen molar-refractivity contribution < 1.29 is 9.59 Å². The summed E-state index contributed by atoms with van der Waals surface area (Å²) >= 11 is 0. The maximum absolute atomic E-state index is 11.7. The zero-order chi connectivity index (χ0) is 14.1. The molecule has 4 heteroatoms. The van der Waals surface area contributed by atoms with E-state index >= 15 is 0 Å². The molecular weight excluding hydrogens is 240 g/mol. The number of anilines is 1. The second kappa shape index (κ2) is 8.29. The molecule has 1 rings (SSSR count). The topological polar surface area (TPSA) is 58.2 Å². The van der Waals surface area contributed by atoms with Crippen LogP contribution in [-0.4, -0.2) is 18.4 Å². The zero-order valence-corrected chi connectivity index (χ0v) is 11.7. The maximum Gasteiger partial charge on any atom is 0.313 e. The van der Waals surface area contributed by atoms with Gasteiger partial charge in [0.25, 0.3) is 0 Å². The lowest BCUT2D eigenvalue weighted by atomic mass is 10.1. The summed E-state index contributed by atoms with van der Waals surface area (Å²) in [5, 5.41) is 5.28. The van der Waals surface area contributed by atoms with E-state index in [1.807, 2.05) is 25.1 Å². The highest BCUT2D eigenvalue weighted by Crippen LogP contribution is 2.14. The monoisotopic (exact) mass is 262 g/mol. The van der Waals surface area contributed by atoms with Gasteiger partial charge in [-0.05, 0) is 24.5 Å². The van der Waals surface area contributed by atoms with Crippen molar-refractivity contribution >= 4 is 17.5 Å². The Morgan fingerprint density at radius 3 is 2.47 bits per heavy atom. The van der Waals surface area contributed by atoms with Gasteiger partial charge >= 0.3 is 11.8 Å². The van der Waals surface area contributed by atoms with Crippen molar-refractivity contribution in [2.24, 2.45) is 0 Å². The Morgan fingerprint density at radius 1 is 1.05 bits per heavy atom. The van der Waals surface area contributed by atoms with Crippen molar-refractivity contribution in [2.45, 2.75) is 39.5 Å². The Morgan fingerprint density at radius 2 is 1.79 bits per heavy atom. The lowest BCUT2D eigenvalue weighted by Crippen LogP contribution is -2.36. The van der Waals surface area contributed by atoms with Crippen molar-refractivity contribution in [3.05, 3.63) is 29.8 Å². The average molecular weight is 262 g/mol. The highest BCUT2D eigenvalue weighted by atomic mass is 16.2. The third-order valence-corrected chi connectivity index (χ3v) is 2.92. The van der Waals surface area contributed by atoms with Crippen LogP contribution in [0.15, 0.2) is 24.3 Å². The third kappa shape index (κ3) is 5.12. The number of hydrogen-bond donors (Lipinski definition) is 2. The molecule has 0 saturated heterocycles. The van der Waals surface area contributed by atoms with Crippen LogP contribution >= 0.6 is 0 Å². The van der Waals surface area contributed by atoms with Crippen molar-refractivity contribution in [1.29, 1.82) is 0 Å². The average Bonchev–Trinajstić information content (AvgIpc) is 2.44. The summed E-state index contributed by atoms with van der Waals surface area (Å²) in [5.41, 5.74) is 1.73. The molecular formula is C15H22N2O2. The number of carbonyl (C=O) groups excluding carboxylic acids is 2. The number of carbonyl (C=O) groups is 2. The molecule has 0 aliphatic rings. The summed E-state index contributed by atoms with van der Waals surface area (Å²) in [5.74, 6) is -1.17. The first-order chi connectivity index (χ1) is 9.19. The Labute approximate surface area is 114 Å². The van der Waals surface area contributed by atoms with E-state index in [0.29, 0.717) is 12.2 Å². The van der Waals surface area contributed by atoms with Crippen LogP contribution in [0.5, 0.6) is 0 Å². The van der Waals surface area contributed by atoms with E-state index in [2.05, 4.69) is 17.6 Å². The number of unbranched alkanes of at least 4 members (excludes halogenated alkanes) is 2. The predicted molar refractivity (Wildman–Crippen MR) is 77.0 cm³/mol. The fraction of sp³-hybridized carbons (Fsp3) is 0.467. The van der Waals surface area contributed by atoms with Crippen LogP contribution in [0.25, 0.3) is 0 Å². The standard InChI is InChI=1S/C15H22N2O2/c1-3-5-8-11-16-14(18)15(19)17-13-10-7-6-9-12(13)4-2/h6-7,9-10H,3-5,8,11H2,1-2H3,(H,16,18)(H,17,19). The number of hydrogen-bond acceptors (Lipinski definition) is 2. The van der Waals surface area contributed by atoms with Crippen molar-refractivity contribution in [2.75, 3.05) is 11.9 Å². The van der Waals surface area contributed by atoms with Crippen LogP contribution in [0.3, 0.4) is 0 Å². The van der Waals surface area contributed by atoms with Crippen molar-refractivity contribution in [1.82, 2.24) is 5.32 Å². The smallest absolute Gasteiger partial charge is 0.313 e. The fourth-order valence-electron chi connectivity index (χ4n) is 1.79. The molecule has 0 bridgehead atoms. The minimum absolute atomic E-state index is 0.551. The molecule has 0 fully saturated rings. The summed E-state index contributed by atoms with van der Waals surface area (Å²) in [4.78, 5) is 23.3. The van der Waals surface area contributed by atoms with Crippen LogP contribution in [0.2, 0.25) is 0 Å². The van der Waals surface area contributed by atoms with E-state index in [-0.39, 0.29) is 0 Å². The molecule has 0 atom stereocenters. The Kier molecular flexibility index (Phi) is 6.64. The van der Waals surface area contributed by atoms with Gasteiger partial charge in [0.05, 0.1) is 0 Å². The highest BCUT2D eigenvalue weighted by Gasteiger charge is 2.13. The fourth-order valence-corrected chi connectivity index (χ4v) is 1.79. The Hall–Kier alpha value is -1.84. The van der Waals surface area contributed by atoms with Gasteiger partial charge in [0.2, 0.25) is 0 Å². The second-order valence-electron chi connectivity index (χ2n) is 4.43. The number of nitrogens with one attached hydrogen (secondary N) is 2. The van der Waals surface area contributed by atoms with E-state index in [1.54, 1.807) is 6.07 Å². The first-order valence-electron chi connectivity index (χ1n) is 6.86. The van der Waals surface area contributed by atoms with Gasteiger partial charge in [-0.2, -0.15) is 0 Å². The van der Waals surface area contributed by atoms with Gasteiger partial charge in [0, 0.05) is 12.2 Å². The third-order valence-electron chi connectivity index (χ3n) is 2.92. The van der Waals surface area contributed by atoms with E-state index in [1.165, 1.54) is 0 Å². The predicted octanol–water partition coefficient (Wildman–Crippen LogP) is 2.49. The molecule has 0 saturated carbocycles.